The quantitative estimate of drug-likeness (QED) is 0.243. The summed E-state index contributed by atoms with van der Waals surface area (Å²) in [7, 11) is 1.49. The fourth-order valence-corrected chi connectivity index (χ4v) is 5.06. The zero-order valence-corrected chi connectivity index (χ0v) is 25.5. The van der Waals surface area contributed by atoms with Crippen molar-refractivity contribution in [3.63, 3.8) is 0 Å². The fourth-order valence-electron chi connectivity index (χ4n) is 5.06. The standard InChI is InChI=1S/C31H43N5O6/c1-19(2)14-23(17-32-21(4)15-27(37)38)36-28(39)31(5,6)35(30(36)41)18-22-12-13-25(26(16-22)42-7)34-29(40)33-24-11-9-8-10-20(24)3/h8-13,16,19,21,23,32H,14-15,17-18H2,1-7H3,(H,37,38)(H2,33,34,40)/t21-,23+/m1/s1. The lowest BCUT2D eigenvalue weighted by atomic mass is 9.99. The molecule has 1 saturated heterocycles. The maximum absolute atomic E-state index is 13.8. The summed E-state index contributed by atoms with van der Waals surface area (Å²) < 4.78 is 5.54. The lowest BCUT2D eigenvalue weighted by Gasteiger charge is -2.29. The highest BCUT2D eigenvalue weighted by molar-refractivity contribution is 6.07. The van der Waals surface area contributed by atoms with Crippen LogP contribution in [0.2, 0.25) is 0 Å². The zero-order valence-electron chi connectivity index (χ0n) is 25.5. The van der Waals surface area contributed by atoms with Crippen molar-refractivity contribution in [1.29, 1.82) is 0 Å². The van der Waals surface area contributed by atoms with E-state index in [0.29, 0.717) is 30.1 Å². The molecule has 42 heavy (non-hydrogen) atoms. The number of urea groups is 2. The fraction of sp³-hybridized carbons (Fsp3) is 0.484. The molecule has 2 aromatic rings. The van der Waals surface area contributed by atoms with E-state index in [0.717, 1.165) is 11.1 Å². The van der Waals surface area contributed by atoms with Gasteiger partial charge in [0.25, 0.3) is 5.91 Å². The number of aliphatic carboxylic acids is 1. The van der Waals surface area contributed by atoms with Gasteiger partial charge in [-0.25, -0.2) is 9.59 Å². The van der Waals surface area contributed by atoms with Gasteiger partial charge in [-0.2, -0.15) is 0 Å². The number of anilines is 2. The number of ether oxygens (including phenoxy) is 1. The third kappa shape index (κ3) is 7.79. The minimum atomic E-state index is -1.10. The van der Waals surface area contributed by atoms with Crippen molar-refractivity contribution in [2.75, 3.05) is 24.3 Å². The Kier molecular flexibility index (Phi) is 10.6. The highest BCUT2D eigenvalue weighted by Crippen LogP contribution is 2.34. The van der Waals surface area contributed by atoms with E-state index in [1.807, 2.05) is 45.0 Å². The molecule has 3 rings (SSSR count). The molecule has 0 radical (unpaired) electrons. The first-order valence-electron chi connectivity index (χ1n) is 14.2. The Balaban J connectivity index is 1.77. The number of methoxy groups -OCH3 is 1. The largest absolute Gasteiger partial charge is 0.495 e. The molecule has 1 fully saturated rings. The number of hydrogen-bond donors (Lipinski definition) is 4. The van der Waals surface area contributed by atoms with Crippen molar-refractivity contribution in [1.82, 2.24) is 15.1 Å². The smallest absolute Gasteiger partial charge is 0.328 e. The summed E-state index contributed by atoms with van der Waals surface area (Å²) in [6.07, 6.45) is 0.515. The number of imide groups is 1. The van der Waals surface area contributed by atoms with Gasteiger partial charge in [-0.05, 0) is 69.4 Å². The average Bonchev–Trinajstić information content (AvgIpc) is 3.07. The van der Waals surface area contributed by atoms with Crippen molar-refractivity contribution in [2.45, 2.75) is 78.6 Å². The molecular formula is C31H43N5O6. The van der Waals surface area contributed by atoms with Crippen LogP contribution in [0.4, 0.5) is 21.0 Å². The molecule has 11 heteroatoms. The Hall–Kier alpha value is -4.12. The molecular weight excluding hydrogens is 538 g/mol. The van der Waals surface area contributed by atoms with Gasteiger partial charge in [-0.3, -0.25) is 14.5 Å². The molecule has 1 aliphatic heterocycles. The van der Waals surface area contributed by atoms with Gasteiger partial charge >= 0.3 is 18.0 Å². The highest BCUT2D eigenvalue weighted by Gasteiger charge is 2.53. The van der Waals surface area contributed by atoms with Crippen LogP contribution in [0.25, 0.3) is 0 Å². The third-order valence-corrected chi connectivity index (χ3v) is 7.39. The number of amides is 5. The minimum absolute atomic E-state index is 0.0614. The molecule has 0 spiro atoms. The van der Waals surface area contributed by atoms with Gasteiger partial charge in [0.1, 0.15) is 11.3 Å². The van der Waals surface area contributed by atoms with E-state index in [9.17, 15) is 19.2 Å². The van der Waals surface area contributed by atoms with Crippen molar-refractivity contribution in [3.8, 4) is 5.75 Å². The average molecular weight is 582 g/mol. The van der Waals surface area contributed by atoms with E-state index >= 15 is 0 Å². The van der Waals surface area contributed by atoms with Gasteiger partial charge in [0.05, 0.1) is 25.3 Å². The molecule has 1 aliphatic rings. The van der Waals surface area contributed by atoms with E-state index < -0.39 is 29.6 Å². The van der Waals surface area contributed by atoms with Crippen LogP contribution in [-0.2, 0) is 16.1 Å². The Bertz CT molecular complexity index is 1310. The van der Waals surface area contributed by atoms with Crippen LogP contribution in [-0.4, -0.2) is 70.1 Å². The number of nitrogens with zero attached hydrogens (tertiary/aromatic N) is 2. The number of carbonyl (C=O) groups is 4. The zero-order chi connectivity index (χ0) is 31.2. The number of benzene rings is 2. The van der Waals surface area contributed by atoms with Crippen LogP contribution in [0.5, 0.6) is 5.75 Å². The predicted molar refractivity (Wildman–Crippen MR) is 162 cm³/mol. The number of carboxylic acids is 1. The van der Waals surface area contributed by atoms with E-state index in [2.05, 4.69) is 16.0 Å². The molecule has 0 unspecified atom stereocenters. The monoisotopic (exact) mass is 581 g/mol. The Labute approximate surface area is 247 Å². The maximum atomic E-state index is 13.8. The molecule has 0 aromatic heterocycles. The van der Waals surface area contributed by atoms with Gasteiger partial charge in [0, 0.05) is 24.8 Å². The Morgan fingerprint density at radius 1 is 1.02 bits per heavy atom. The second kappa shape index (κ2) is 13.7. The molecule has 0 saturated carbocycles. The molecule has 2 atom stereocenters. The summed E-state index contributed by atoms with van der Waals surface area (Å²) in [6, 6.07) is 11.1. The molecule has 1 heterocycles. The van der Waals surface area contributed by atoms with Crippen LogP contribution in [0.3, 0.4) is 0 Å². The number of nitrogens with one attached hydrogen (secondary N) is 3. The van der Waals surface area contributed by atoms with Crippen LogP contribution in [0, 0.1) is 12.8 Å². The normalized spacial score (nSPS) is 16.0. The molecule has 228 valence electrons. The second-order valence-corrected chi connectivity index (χ2v) is 11.7. The SMILES string of the molecule is COc1cc(CN2C(=O)N([C@H](CN[C@H](C)CC(=O)O)CC(C)C)C(=O)C2(C)C)ccc1NC(=O)Nc1ccccc1C. The van der Waals surface area contributed by atoms with E-state index in [4.69, 9.17) is 9.84 Å². The molecule has 5 amide bonds. The topological polar surface area (TPSA) is 140 Å². The predicted octanol–water partition coefficient (Wildman–Crippen LogP) is 5.06. The summed E-state index contributed by atoms with van der Waals surface area (Å²) in [6.45, 7) is 11.6. The number of rotatable bonds is 13. The summed E-state index contributed by atoms with van der Waals surface area (Å²) in [4.78, 5) is 54.0. The number of carbonyl (C=O) groups excluding carboxylic acids is 3. The van der Waals surface area contributed by atoms with Crippen molar-refractivity contribution < 1.29 is 29.0 Å². The van der Waals surface area contributed by atoms with Crippen LogP contribution in [0.1, 0.15) is 58.6 Å². The second-order valence-electron chi connectivity index (χ2n) is 11.7. The van der Waals surface area contributed by atoms with Crippen molar-refractivity contribution in [3.05, 3.63) is 53.6 Å². The lowest BCUT2D eigenvalue weighted by Crippen LogP contribution is -2.49. The van der Waals surface area contributed by atoms with E-state index in [1.54, 1.807) is 39.0 Å². The molecule has 4 N–H and O–H groups in total. The Morgan fingerprint density at radius 3 is 2.31 bits per heavy atom. The number of aryl methyl sites for hydroxylation is 1. The third-order valence-electron chi connectivity index (χ3n) is 7.39. The highest BCUT2D eigenvalue weighted by atomic mass is 16.5. The van der Waals surface area contributed by atoms with Crippen LogP contribution >= 0.6 is 0 Å². The summed E-state index contributed by atoms with van der Waals surface area (Å²) in [5, 5.41) is 17.9. The van der Waals surface area contributed by atoms with Gasteiger partial charge in [0.15, 0.2) is 0 Å². The van der Waals surface area contributed by atoms with E-state index in [-0.39, 0.29) is 30.8 Å². The summed E-state index contributed by atoms with van der Waals surface area (Å²) in [5.41, 5.74) is 1.70. The van der Waals surface area contributed by atoms with Crippen LogP contribution < -0.4 is 20.7 Å². The number of para-hydroxylation sites is 1. The summed E-state index contributed by atoms with van der Waals surface area (Å²) in [5.74, 6) is -0.602. The van der Waals surface area contributed by atoms with Gasteiger partial charge in [-0.15, -0.1) is 0 Å². The maximum Gasteiger partial charge on any atom is 0.328 e. The van der Waals surface area contributed by atoms with Crippen LogP contribution in [0.15, 0.2) is 42.5 Å². The lowest BCUT2D eigenvalue weighted by molar-refractivity contribution is -0.137. The van der Waals surface area contributed by atoms with Crippen molar-refractivity contribution in [2.24, 2.45) is 5.92 Å². The first-order chi connectivity index (χ1) is 19.7. The van der Waals surface area contributed by atoms with Crippen molar-refractivity contribution >= 4 is 35.3 Å². The first-order valence-corrected chi connectivity index (χ1v) is 14.2. The molecule has 0 bridgehead atoms. The van der Waals surface area contributed by atoms with E-state index in [1.165, 1.54) is 16.9 Å². The van der Waals surface area contributed by atoms with Gasteiger partial charge in [0.2, 0.25) is 0 Å². The first kappa shape index (κ1) is 32.4. The molecule has 11 nitrogen and oxygen atoms in total. The van der Waals surface area contributed by atoms with Gasteiger partial charge in [-0.1, -0.05) is 38.1 Å². The Morgan fingerprint density at radius 2 is 1.69 bits per heavy atom. The number of hydrogen-bond acceptors (Lipinski definition) is 6. The van der Waals surface area contributed by atoms with Gasteiger partial charge < -0.3 is 30.7 Å². The summed E-state index contributed by atoms with van der Waals surface area (Å²) >= 11 is 0. The minimum Gasteiger partial charge on any atom is -0.495 e. The number of carboxylic acid groups (broad SMARTS) is 1. The molecule has 2 aromatic carbocycles. The molecule has 0 aliphatic carbocycles.